The molecular formula is C8H4BrIN2. The summed E-state index contributed by atoms with van der Waals surface area (Å²) >= 11 is 5.66. The average molecular weight is 335 g/mol. The van der Waals surface area contributed by atoms with E-state index in [4.69, 9.17) is 0 Å². The molecule has 1 aromatic carbocycles. The maximum absolute atomic E-state index is 4.23. The summed E-state index contributed by atoms with van der Waals surface area (Å²) in [7, 11) is 0. The average Bonchev–Trinajstić information content (AvgIpc) is 2.04. The number of benzene rings is 1. The Morgan fingerprint density at radius 3 is 2.75 bits per heavy atom. The fourth-order valence-corrected chi connectivity index (χ4v) is 2.62. The second-order valence-corrected chi connectivity index (χ2v) is 4.39. The van der Waals surface area contributed by atoms with Gasteiger partial charge in [-0.15, -0.1) is 0 Å². The molecule has 0 unspecified atom stereocenters. The predicted molar refractivity (Wildman–Crippen MR) is 60.0 cm³/mol. The zero-order valence-corrected chi connectivity index (χ0v) is 9.70. The van der Waals surface area contributed by atoms with Crippen molar-refractivity contribution >= 4 is 49.6 Å². The molecule has 12 heavy (non-hydrogen) atoms. The van der Waals surface area contributed by atoms with Gasteiger partial charge in [-0.1, -0.05) is 15.9 Å². The van der Waals surface area contributed by atoms with E-state index < -0.39 is 0 Å². The maximum atomic E-state index is 4.23. The molecule has 0 amide bonds. The normalized spacial score (nSPS) is 10.5. The van der Waals surface area contributed by atoms with Crippen molar-refractivity contribution in [3.05, 3.63) is 32.6 Å². The van der Waals surface area contributed by atoms with Crippen molar-refractivity contribution in [3.8, 4) is 0 Å². The van der Waals surface area contributed by atoms with Gasteiger partial charge in [0, 0.05) is 20.4 Å². The molecule has 0 aliphatic heterocycles. The van der Waals surface area contributed by atoms with Crippen molar-refractivity contribution in [2.24, 2.45) is 0 Å². The van der Waals surface area contributed by atoms with Gasteiger partial charge in [-0.2, -0.15) is 0 Å². The van der Waals surface area contributed by atoms with Crippen LogP contribution in [0.3, 0.4) is 0 Å². The number of aromatic nitrogens is 2. The van der Waals surface area contributed by atoms with Crippen LogP contribution in [-0.2, 0) is 0 Å². The molecule has 0 aliphatic carbocycles. The lowest BCUT2D eigenvalue weighted by molar-refractivity contribution is 1.28. The summed E-state index contributed by atoms with van der Waals surface area (Å²) in [5.74, 6) is 0. The highest BCUT2D eigenvalue weighted by Crippen LogP contribution is 2.21. The molecule has 0 aliphatic rings. The Morgan fingerprint density at radius 1 is 1.17 bits per heavy atom. The molecule has 4 heteroatoms. The van der Waals surface area contributed by atoms with Crippen molar-refractivity contribution in [3.63, 3.8) is 0 Å². The van der Waals surface area contributed by atoms with Gasteiger partial charge in [0.05, 0.1) is 5.52 Å². The molecule has 1 aromatic heterocycles. The first kappa shape index (κ1) is 8.37. The van der Waals surface area contributed by atoms with Crippen LogP contribution in [0.4, 0.5) is 0 Å². The highest BCUT2D eigenvalue weighted by atomic mass is 127. The van der Waals surface area contributed by atoms with Crippen LogP contribution in [0.2, 0.25) is 0 Å². The number of fused-ring (bicyclic) bond motifs is 1. The van der Waals surface area contributed by atoms with Gasteiger partial charge in [0.2, 0.25) is 0 Å². The molecule has 0 N–H and O–H groups in total. The van der Waals surface area contributed by atoms with Gasteiger partial charge in [-0.05, 0) is 34.7 Å². The first-order valence-electron chi connectivity index (χ1n) is 3.33. The first-order chi connectivity index (χ1) is 5.77. The number of halogens is 2. The summed E-state index contributed by atoms with van der Waals surface area (Å²) < 4.78 is 2.16. The van der Waals surface area contributed by atoms with E-state index in [1.165, 1.54) is 0 Å². The summed E-state index contributed by atoms with van der Waals surface area (Å²) in [6, 6.07) is 3.99. The van der Waals surface area contributed by atoms with Crippen molar-refractivity contribution in [2.45, 2.75) is 0 Å². The van der Waals surface area contributed by atoms with Crippen LogP contribution < -0.4 is 0 Å². The molecule has 0 atom stereocenters. The van der Waals surface area contributed by atoms with E-state index in [2.05, 4.69) is 48.5 Å². The molecule has 2 aromatic rings. The zero-order valence-electron chi connectivity index (χ0n) is 5.96. The van der Waals surface area contributed by atoms with Crippen LogP contribution in [0.25, 0.3) is 11.0 Å². The van der Waals surface area contributed by atoms with Gasteiger partial charge in [0.15, 0.2) is 0 Å². The summed E-state index contributed by atoms with van der Waals surface area (Å²) in [6.07, 6.45) is 3.41. The van der Waals surface area contributed by atoms with Crippen LogP contribution in [0.1, 0.15) is 0 Å². The number of hydrogen-bond acceptors (Lipinski definition) is 2. The van der Waals surface area contributed by atoms with Crippen LogP contribution in [0.5, 0.6) is 0 Å². The lowest BCUT2D eigenvalue weighted by Gasteiger charge is -1.98. The molecule has 2 nitrogen and oxygen atoms in total. The monoisotopic (exact) mass is 334 g/mol. The number of hydrogen-bond donors (Lipinski definition) is 0. The lowest BCUT2D eigenvalue weighted by Crippen LogP contribution is -1.85. The molecule has 0 saturated heterocycles. The molecule has 0 spiro atoms. The Labute approximate surface area is 91.7 Å². The third kappa shape index (κ3) is 1.45. The Morgan fingerprint density at radius 2 is 1.92 bits per heavy atom. The van der Waals surface area contributed by atoms with Crippen LogP contribution in [0, 0.1) is 3.57 Å². The molecule has 0 radical (unpaired) electrons. The smallest absolute Gasteiger partial charge is 0.102 e. The predicted octanol–water partition coefficient (Wildman–Crippen LogP) is 3.00. The van der Waals surface area contributed by atoms with Crippen molar-refractivity contribution < 1.29 is 0 Å². The summed E-state index contributed by atoms with van der Waals surface area (Å²) in [6.45, 7) is 0. The largest absolute Gasteiger partial charge is 0.253 e. The molecule has 2 rings (SSSR count). The summed E-state index contributed by atoms with van der Waals surface area (Å²) in [5.41, 5.74) is 1.89. The summed E-state index contributed by atoms with van der Waals surface area (Å²) in [4.78, 5) is 8.44. The van der Waals surface area contributed by atoms with Crippen molar-refractivity contribution in [2.75, 3.05) is 0 Å². The minimum Gasteiger partial charge on any atom is -0.253 e. The van der Waals surface area contributed by atoms with Gasteiger partial charge in [-0.3, -0.25) is 9.97 Å². The first-order valence-corrected chi connectivity index (χ1v) is 5.20. The van der Waals surface area contributed by atoms with Gasteiger partial charge in [-0.25, -0.2) is 0 Å². The molecular weight excluding hydrogens is 331 g/mol. The minimum atomic E-state index is 0.927. The molecule has 60 valence electrons. The SMILES string of the molecule is Brc1cc(I)c2nccnc2c1. The van der Waals surface area contributed by atoms with Crippen LogP contribution in [0.15, 0.2) is 29.0 Å². The quantitative estimate of drug-likeness (QED) is 0.692. The van der Waals surface area contributed by atoms with Gasteiger partial charge in [0.25, 0.3) is 0 Å². The second kappa shape index (κ2) is 3.26. The topological polar surface area (TPSA) is 25.8 Å². The summed E-state index contributed by atoms with van der Waals surface area (Å²) in [5, 5.41) is 0. The van der Waals surface area contributed by atoms with E-state index in [0.29, 0.717) is 0 Å². The standard InChI is InChI=1S/C8H4BrIN2/c9-5-3-6(10)8-7(4-5)11-1-2-12-8/h1-4H. The van der Waals surface area contributed by atoms with Crippen molar-refractivity contribution in [1.82, 2.24) is 9.97 Å². The Hall–Kier alpha value is -0.230. The highest BCUT2D eigenvalue weighted by Gasteiger charge is 2.00. The zero-order chi connectivity index (χ0) is 8.55. The Balaban J connectivity index is 2.89. The molecule has 0 fully saturated rings. The van der Waals surface area contributed by atoms with Gasteiger partial charge >= 0.3 is 0 Å². The number of nitrogens with zero attached hydrogens (tertiary/aromatic N) is 2. The van der Waals surface area contributed by atoms with Gasteiger partial charge in [0.1, 0.15) is 5.52 Å². The third-order valence-corrected chi connectivity index (χ3v) is 2.77. The third-order valence-electron chi connectivity index (χ3n) is 1.49. The highest BCUT2D eigenvalue weighted by molar-refractivity contribution is 14.1. The molecule has 1 heterocycles. The second-order valence-electron chi connectivity index (χ2n) is 2.31. The van der Waals surface area contributed by atoms with Crippen LogP contribution in [-0.4, -0.2) is 9.97 Å². The molecule has 0 saturated carbocycles. The van der Waals surface area contributed by atoms with E-state index in [-0.39, 0.29) is 0 Å². The van der Waals surface area contributed by atoms with E-state index in [0.717, 1.165) is 19.1 Å². The van der Waals surface area contributed by atoms with Crippen molar-refractivity contribution in [1.29, 1.82) is 0 Å². The fraction of sp³-hybridized carbons (Fsp3) is 0. The number of rotatable bonds is 0. The minimum absolute atomic E-state index is 0.927. The Kier molecular flexibility index (Phi) is 2.27. The van der Waals surface area contributed by atoms with E-state index >= 15 is 0 Å². The van der Waals surface area contributed by atoms with Crippen LogP contribution >= 0.6 is 38.5 Å². The maximum Gasteiger partial charge on any atom is 0.102 e. The van der Waals surface area contributed by atoms with E-state index in [1.807, 2.05) is 12.1 Å². The fourth-order valence-electron chi connectivity index (χ4n) is 1.00. The van der Waals surface area contributed by atoms with E-state index in [9.17, 15) is 0 Å². The molecule has 0 bridgehead atoms. The Bertz CT molecular complexity index is 430. The lowest BCUT2D eigenvalue weighted by atomic mass is 10.3. The van der Waals surface area contributed by atoms with Gasteiger partial charge < -0.3 is 0 Å². The van der Waals surface area contributed by atoms with E-state index in [1.54, 1.807) is 12.4 Å².